The normalized spacial score (nSPS) is 15.8. The number of aromatic nitrogens is 4. The zero-order valence-electron chi connectivity index (χ0n) is 14.0. The van der Waals surface area contributed by atoms with Crippen molar-refractivity contribution in [2.75, 3.05) is 25.1 Å². The van der Waals surface area contributed by atoms with Crippen molar-refractivity contribution in [2.45, 2.75) is 25.7 Å². The molecule has 124 valence electrons. The number of hydrogen-bond acceptors (Lipinski definition) is 5. The summed E-state index contributed by atoms with van der Waals surface area (Å²) in [6, 6.07) is 8.30. The van der Waals surface area contributed by atoms with Crippen LogP contribution in [0.5, 0.6) is 5.75 Å². The number of nitrogens with zero attached hydrogens (tertiary/aromatic N) is 4. The maximum atomic E-state index is 5.49. The second kappa shape index (κ2) is 6.11. The summed E-state index contributed by atoms with van der Waals surface area (Å²) in [6.07, 6.45) is 3.73. The number of anilines is 1. The highest BCUT2D eigenvalue weighted by atomic mass is 16.5. The number of para-hydroxylation sites is 1. The van der Waals surface area contributed by atoms with Gasteiger partial charge in [0.2, 0.25) is 0 Å². The van der Waals surface area contributed by atoms with Crippen molar-refractivity contribution in [2.24, 2.45) is 0 Å². The Morgan fingerprint density at radius 3 is 2.79 bits per heavy atom. The van der Waals surface area contributed by atoms with Gasteiger partial charge in [-0.25, -0.2) is 9.97 Å². The number of rotatable bonds is 3. The van der Waals surface area contributed by atoms with Gasteiger partial charge in [-0.15, -0.1) is 0 Å². The lowest BCUT2D eigenvalue weighted by Gasteiger charge is -2.33. The molecule has 0 saturated carbocycles. The Hall–Kier alpha value is -2.63. The number of nitrogens with one attached hydrogen (secondary N) is 1. The first-order valence-electron chi connectivity index (χ1n) is 8.31. The predicted molar refractivity (Wildman–Crippen MR) is 93.6 cm³/mol. The summed E-state index contributed by atoms with van der Waals surface area (Å²) in [4.78, 5) is 11.4. The van der Waals surface area contributed by atoms with Gasteiger partial charge < -0.3 is 9.64 Å². The topological polar surface area (TPSA) is 66.9 Å². The van der Waals surface area contributed by atoms with Crippen LogP contribution in [0.1, 0.15) is 30.3 Å². The van der Waals surface area contributed by atoms with E-state index in [1.54, 1.807) is 13.4 Å². The fraction of sp³-hybridized carbons (Fsp3) is 0.389. The summed E-state index contributed by atoms with van der Waals surface area (Å²) in [6.45, 7) is 4.04. The Balaban J connectivity index is 1.65. The predicted octanol–water partition coefficient (Wildman–Crippen LogP) is 3.05. The van der Waals surface area contributed by atoms with Crippen LogP contribution < -0.4 is 9.64 Å². The van der Waals surface area contributed by atoms with Gasteiger partial charge in [0.05, 0.1) is 7.11 Å². The highest BCUT2D eigenvalue weighted by Gasteiger charge is 2.24. The van der Waals surface area contributed by atoms with E-state index in [-0.39, 0.29) is 0 Å². The molecule has 0 spiro atoms. The third-order valence-electron chi connectivity index (χ3n) is 4.78. The Morgan fingerprint density at radius 2 is 2.08 bits per heavy atom. The molecule has 6 heteroatoms. The number of aryl methyl sites for hydroxylation is 1. The van der Waals surface area contributed by atoms with E-state index in [1.807, 2.05) is 19.1 Å². The molecule has 1 N–H and O–H groups in total. The molecular formula is C18H21N5O. The molecule has 0 aliphatic carbocycles. The molecule has 24 heavy (non-hydrogen) atoms. The van der Waals surface area contributed by atoms with Gasteiger partial charge in [-0.2, -0.15) is 5.10 Å². The van der Waals surface area contributed by atoms with Gasteiger partial charge in [0, 0.05) is 35.8 Å². The molecule has 0 radical (unpaired) electrons. The first-order chi connectivity index (χ1) is 11.8. The maximum absolute atomic E-state index is 5.49. The lowest BCUT2D eigenvalue weighted by molar-refractivity contribution is 0.419. The van der Waals surface area contributed by atoms with E-state index in [9.17, 15) is 0 Å². The number of ether oxygens (including phenoxy) is 1. The van der Waals surface area contributed by atoms with Gasteiger partial charge >= 0.3 is 0 Å². The molecule has 1 aromatic carbocycles. The highest BCUT2D eigenvalue weighted by molar-refractivity contribution is 5.95. The van der Waals surface area contributed by atoms with Crippen molar-refractivity contribution in [1.29, 1.82) is 0 Å². The molecule has 0 bridgehead atoms. The van der Waals surface area contributed by atoms with Gasteiger partial charge in [-0.05, 0) is 31.9 Å². The molecule has 0 unspecified atom stereocenters. The van der Waals surface area contributed by atoms with Crippen molar-refractivity contribution >= 4 is 16.6 Å². The summed E-state index contributed by atoms with van der Waals surface area (Å²) >= 11 is 0. The van der Waals surface area contributed by atoms with Crippen molar-refractivity contribution in [3.8, 4) is 5.75 Å². The number of methoxy groups -OCH3 is 1. The minimum absolute atomic E-state index is 0.465. The van der Waals surface area contributed by atoms with Crippen LogP contribution in [0, 0.1) is 6.92 Å². The lowest BCUT2D eigenvalue weighted by Crippen LogP contribution is -2.33. The summed E-state index contributed by atoms with van der Waals surface area (Å²) in [5.41, 5.74) is 3.19. The summed E-state index contributed by atoms with van der Waals surface area (Å²) in [5, 5.41) is 8.13. The zero-order chi connectivity index (χ0) is 16.5. The smallest absolute Gasteiger partial charge is 0.145 e. The van der Waals surface area contributed by atoms with Crippen LogP contribution in [0.2, 0.25) is 0 Å². The van der Waals surface area contributed by atoms with Crippen LogP contribution in [0.25, 0.3) is 10.9 Å². The van der Waals surface area contributed by atoms with Crippen LogP contribution in [0.15, 0.2) is 30.6 Å². The molecular weight excluding hydrogens is 302 g/mol. The van der Waals surface area contributed by atoms with Crippen LogP contribution >= 0.6 is 0 Å². The minimum Gasteiger partial charge on any atom is -0.494 e. The van der Waals surface area contributed by atoms with Gasteiger partial charge in [0.15, 0.2) is 0 Å². The molecule has 1 fully saturated rings. The molecule has 1 aliphatic heterocycles. The molecule has 3 aromatic rings. The largest absolute Gasteiger partial charge is 0.494 e. The van der Waals surface area contributed by atoms with Crippen LogP contribution in [0.3, 0.4) is 0 Å². The monoisotopic (exact) mass is 323 g/mol. The zero-order valence-corrected chi connectivity index (χ0v) is 14.0. The molecule has 1 saturated heterocycles. The Bertz CT molecular complexity index is 838. The molecule has 0 amide bonds. The maximum Gasteiger partial charge on any atom is 0.145 e. The molecule has 6 nitrogen and oxygen atoms in total. The lowest BCUT2D eigenvalue weighted by atomic mass is 9.95. The number of fused-ring (bicyclic) bond motifs is 1. The molecule has 4 rings (SSSR count). The summed E-state index contributed by atoms with van der Waals surface area (Å²) in [7, 11) is 1.70. The summed E-state index contributed by atoms with van der Waals surface area (Å²) < 4.78 is 5.49. The van der Waals surface area contributed by atoms with Crippen LogP contribution in [-0.2, 0) is 0 Å². The number of hydrogen-bond donors (Lipinski definition) is 1. The van der Waals surface area contributed by atoms with E-state index in [4.69, 9.17) is 4.74 Å². The molecule has 1 aliphatic rings. The first-order valence-corrected chi connectivity index (χ1v) is 8.31. The fourth-order valence-corrected chi connectivity index (χ4v) is 3.56. The number of benzene rings is 1. The second-order valence-electron chi connectivity index (χ2n) is 6.27. The SMILES string of the molecule is COc1cccc2c(N3CCC(c4ncn[nH]4)CC3)cc(C)nc12. The highest BCUT2D eigenvalue weighted by Crippen LogP contribution is 2.35. The van der Waals surface area contributed by atoms with Gasteiger partial charge in [-0.3, -0.25) is 5.10 Å². The molecule has 3 heterocycles. The minimum atomic E-state index is 0.465. The Labute approximate surface area is 140 Å². The van der Waals surface area contributed by atoms with E-state index in [1.165, 1.54) is 5.69 Å². The Kier molecular flexibility index (Phi) is 3.80. The average Bonchev–Trinajstić information content (AvgIpc) is 3.15. The first kappa shape index (κ1) is 14.9. The summed E-state index contributed by atoms with van der Waals surface area (Å²) in [5.74, 6) is 2.30. The van der Waals surface area contributed by atoms with E-state index in [0.717, 1.165) is 54.1 Å². The quantitative estimate of drug-likeness (QED) is 0.802. The van der Waals surface area contributed by atoms with Crippen molar-refractivity contribution in [1.82, 2.24) is 20.2 Å². The Morgan fingerprint density at radius 1 is 1.25 bits per heavy atom. The van der Waals surface area contributed by atoms with Gasteiger partial charge in [0.25, 0.3) is 0 Å². The molecule has 0 atom stereocenters. The van der Waals surface area contributed by atoms with Crippen molar-refractivity contribution in [3.05, 3.63) is 42.1 Å². The molecule has 2 aromatic heterocycles. The number of piperidine rings is 1. The van der Waals surface area contributed by atoms with Crippen molar-refractivity contribution < 1.29 is 4.74 Å². The van der Waals surface area contributed by atoms with Gasteiger partial charge in [-0.1, -0.05) is 12.1 Å². The standard InChI is InChI=1S/C18H21N5O/c1-12-10-15(14-4-3-5-16(24-2)17(14)21-12)23-8-6-13(7-9-23)18-19-11-20-22-18/h3-5,10-11,13H,6-9H2,1-2H3,(H,19,20,22). The van der Waals surface area contributed by atoms with E-state index in [0.29, 0.717) is 5.92 Å². The van der Waals surface area contributed by atoms with Crippen LogP contribution in [0.4, 0.5) is 5.69 Å². The van der Waals surface area contributed by atoms with Crippen molar-refractivity contribution in [3.63, 3.8) is 0 Å². The second-order valence-corrected chi connectivity index (χ2v) is 6.27. The van der Waals surface area contributed by atoms with Crippen LogP contribution in [-0.4, -0.2) is 40.4 Å². The number of H-pyrrole nitrogens is 1. The third-order valence-corrected chi connectivity index (χ3v) is 4.78. The number of pyridine rings is 1. The fourth-order valence-electron chi connectivity index (χ4n) is 3.56. The van der Waals surface area contributed by atoms with E-state index >= 15 is 0 Å². The third kappa shape index (κ3) is 2.58. The van der Waals surface area contributed by atoms with Gasteiger partial charge in [0.1, 0.15) is 23.4 Å². The average molecular weight is 323 g/mol. The van der Waals surface area contributed by atoms with E-state index in [2.05, 4.69) is 37.2 Å². The van der Waals surface area contributed by atoms with E-state index < -0.39 is 0 Å². The number of aromatic amines is 1.